The van der Waals surface area contributed by atoms with Crippen LogP contribution in [-0.2, 0) is 25.6 Å². The molecule has 0 bridgehead atoms. The largest absolute Gasteiger partial charge is 0.443 e. The second kappa shape index (κ2) is 14.0. The molecule has 3 amide bonds. The second-order valence-corrected chi connectivity index (χ2v) is 11.5. The molecule has 2 aromatic heterocycles. The van der Waals surface area contributed by atoms with Crippen molar-refractivity contribution >= 4 is 40.6 Å². The van der Waals surface area contributed by atoms with Gasteiger partial charge >= 0.3 is 12.2 Å². The van der Waals surface area contributed by atoms with Crippen LogP contribution in [0.1, 0.15) is 39.3 Å². The number of fused-ring (bicyclic) bond motifs is 1. The average Bonchev–Trinajstić information content (AvgIpc) is 3.28. The minimum atomic E-state index is -1.26. The first-order valence-corrected chi connectivity index (χ1v) is 13.9. The number of allylic oxidation sites excluding steroid dienone is 1. The summed E-state index contributed by atoms with van der Waals surface area (Å²) < 4.78 is 27.5. The van der Waals surface area contributed by atoms with E-state index in [1.54, 1.807) is 47.0 Å². The van der Waals surface area contributed by atoms with Crippen LogP contribution in [0.15, 0.2) is 59.5 Å². The number of hydrogen-bond donors (Lipinski definition) is 1. The summed E-state index contributed by atoms with van der Waals surface area (Å²) in [6, 6.07) is 8.48. The molecule has 1 unspecified atom stereocenters. The quantitative estimate of drug-likeness (QED) is 0.359. The molecule has 1 aromatic carbocycles. The first-order valence-electron chi connectivity index (χ1n) is 13.9. The molecule has 0 aliphatic rings. The van der Waals surface area contributed by atoms with Gasteiger partial charge in [0, 0.05) is 45.5 Å². The molecule has 0 saturated heterocycles. The van der Waals surface area contributed by atoms with E-state index in [4.69, 9.17) is 9.47 Å². The second-order valence-electron chi connectivity index (χ2n) is 11.5. The molecule has 0 aliphatic heterocycles. The van der Waals surface area contributed by atoms with E-state index < -0.39 is 41.2 Å². The topological polar surface area (TPSA) is 132 Å². The van der Waals surface area contributed by atoms with Gasteiger partial charge in [0.2, 0.25) is 5.91 Å². The molecule has 1 atom stereocenters. The highest BCUT2D eigenvalue weighted by atomic mass is 19.1. The van der Waals surface area contributed by atoms with Gasteiger partial charge in [-0.15, -0.1) is 0 Å². The minimum absolute atomic E-state index is 0.0518. The monoisotopic (exact) mass is 611 g/mol. The van der Waals surface area contributed by atoms with Crippen molar-refractivity contribution in [3.05, 3.63) is 76.6 Å². The van der Waals surface area contributed by atoms with Crippen molar-refractivity contribution in [3.63, 3.8) is 0 Å². The van der Waals surface area contributed by atoms with Crippen LogP contribution < -0.4 is 10.9 Å². The lowest BCUT2D eigenvalue weighted by Crippen LogP contribution is -2.37. The average molecular weight is 612 g/mol. The van der Waals surface area contributed by atoms with Crippen LogP contribution in [-0.4, -0.2) is 82.8 Å². The van der Waals surface area contributed by atoms with Crippen molar-refractivity contribution in [2.24, 2.45) is 0 Å². The third-order valence-corrected chi connectivity index (χ3v) is 6.22. The van der Waals surface area contributed by atoms with Crippen LogP contribution in [0.25, 0.3) is 10.9 Å². The fourth-order valence-corrected chi connectivity index (χ4v) is 4.08. The first kappa shape index (κ1) is 33.6. The van der Waals surface area contributed by atoms with Crippen LogP contribution in [0.4, 0.5) is 19.7 Å². The van der Waals surface area contributed by atoms with Crippen molar-refractivity contribution in [2.75, 3.05) is 33.5 Å². The highest BCUT2D eigenvalue weighted by Crippen LogP contribution is 2.24. The molecular weight excluding hydrogens is 573 g/mol. The number of benzene rings is 1. The van der Waals surface area contributed by atoms with Crippen molar-refractivity contribution < 1.29 is 33.0 Å². The summed E-state index contributed by atoms with van der Waals surface area (Å²) in [5.41, 5.74) is -0.742. The van der Waals surface area contributed by atoms with E-state index in [0.29, 0.717) is 16.6 Å². The molecule has 0 fully saturated rings. The Morgan fingerprint density at radius 1 is 1.05 bits per heavy atom. The Labute approximate surface area is 254 Å². The number of carbonyl (C=O) groups excluding carboxylic acids is 4. The molecule has 12 nitrogen and oxygen atoms in total. The first-order chi connectivity index (χ1) is 20.6. The Bertz CT molecular complexity index is 1630. The Morgan fingerprint density at radius 3 is 2.39 bits per heavy atom. The Morgan fingerprint density at radius 2 is 1.75 bits per heavy atom. The maximum absolute atomic E-state index is 14.0. The van der Waals surface area contributed by atoms with Crippen LogP contribution in [0, 0.1) is 5.82 Å². The molecule has 0 saturated carbocycles. The third-order valence-electron chi connectivity index (χ3n) is 6.22. The van der Waals surface area contributed by atoms with Crippen LogP contribution in [0.3, 0.4) is 0 Å². The highest BCUT2D eigenvalue weighted by Gasteiger charge is 2.26. The molecule has 13 heteroatoms. The van der Waals surface area contributed by atoms with E-state index >= 15 is 0 Å². The molecule has 0 spiro atoms. The van der Waals surface area contributed by atoms with Gasteiger partial charge in [0.15, 0.2) is 6.10 Å². The number of nitrogens with one attached hydrogen (secondary N) is 1. The zero-order valence-corrected chi connectivity index (χ0v) is 25.9. The number of anilines is 1. The lowest BCUT2D eigenvalue weighted by Gasteiger charge is -2.21. The summed E-state index contributed by atoms with van der Waals surface area (Å²) in [5, 5.41) is 2.98. The van der Waals surface area contributed by atoms with Crippen LogP contribution >= 0.6 is 0 Å². The maximum Gasteiger partial charge on any atom is 0.419 e. The molecular formula is C31H38FN5O7. The van der Waals surface area contributed by atoms with E-state index in [1.807, 2.05) is 0 Å². The molecule has 0 radical (unpaired) electrons. The van der Waals surface area contributed by atoms with Crippen LogP contribution in [0.5, 0.6) is 0 Å². The number of ether oxygens (including phenoxy) is 2. The maximum atomic E-state index is 14.0. The van der Waals surface area contributed by atoms with E-state index in [9.17, 15) is 28.4 Å². The van der Waals surface area contributed by atoms with Gasteiger partial charge in [-0.05, 0) is 76.1 Å². The van der Waals surface area contributed by atoms with E-state index in [-0.39, 0.29) is 31.0 Å². The van der Waals surface area contributed by atoms with Gasteiger partial charge in [-0.25, -0.2) is 18.5 Å². The molecule has 2 heterocycles. The molecule has 3 aromatic rings. The lowest BCUT2D eigenvalue weighted by molar-refractivity contribution is -0.125. The fourth-order valence-electron chi connectivity index (χ4n) is 4.08. The predicted octanol–water partition coefficient (Wildman–Crippen LogP) is 4.20. The van der Waals surface area contributed by atoms with Gasteiger partial charge in [0.1, 0.15) is 17.1 Å². The number of nitrogens with zero attached hydrogens (tertiary/aromatic N) is 4. The van der Waals surface area contributed by atoms with Crippen molar-refractivity contribution in [1.29, 1.82) is 0 Å². The lowest BCUT2D eigenvalue weighted by atomic mass is 10.1. The summed E-state index contributed by atoms with van der Waals surface area (Å²) in [4.78, 5) is 66.4. The van der Waals surface area contributed by atoms with Crippen molar-refractivity contribution in [3.8, 4) is 0 Å². The summed E-state index contributed by atoms with van der Waals surface area (Å²) >= 11 is 0. The standard InChI is InChI=1S/C31H38FN5O7/c1-31(2,3)44-30(42)37-22(18-20-17-21(32)14-15-24(20)37)19-36-16-10-11-23(28(36)40)33-27(39)25(43-29(41)35(6)7)12-8-9-13-26(38)34(4)5/h9-11,13-18,25H,8,12,19H2,1-7H3,(H,33,39)/b13-9+. The van der Waals surface area contributed by atoms with Gasteiger partial charge in [0.05, 0.1) is 12.1 Å². The summed E-state index contributed by atoms with van der Waals surface area (Å²) in [6.45, 7) is 5.04. The molecule has 1 N–H and O–H groups in total. The molecule has 44 heavy (non-hydrogen) atoms. The fraction of sp³-hybridized carbons (Fsp3) is 0.387. The normalized spacial score (nSPS) is 12.2. The number of amides is 3. The zero-order valence-electron chi connectivity index (χ0n) is 25.9. The van der Waals surface area contributed by atoms with Crippen molar-refractivity contribution in [2.45, 2.75) is 51.9 Å². The van der Waals surface area contributed by atoms with E-state index in [1.165, 1.54) is 70.7 Å². The van der Waals surface area contributed by atoms with E-state index in [0.717, 1.165) is 4.90 Å². The number of hydrogen-bond acceptors (Lipinski definition) is 7. The third kappa shape index (κ3) is 8.79. The molecule has 236 valence electrons. The smallest absolute Gasteiger partial charge is 0.419 e. The number of halogens is 1. The minimum Gasteiger partial charge on any atom is -0.443 e. The van der Waals surface area contributed by atoms with Gasteiger partial charge in [-0.2, -0.15) is 0 Å². The number of likely N-dealkylation sites (N-methyl/N-ethyl adjacent to an activating group) is 1. The van der Waals surface area contributed by atoms with Crippen LogP contribution in [0.2, 0.25) is 0 Å². The number of carbonyl (C=O) groups is 4. The predicted molar refractivity (Wildman–Crippen MR) is 163 cm³/mol. The Hall–Kier alpha value is -4.94. The zero-order chi connectivity index (χ0) is 32.8. The Balaban J connectivity index is 1.89. The van der Waals surface area contributed by atoms with Gasteiger partial charge in [-0.1, -0.05) is 6.08 Å². The molecule has 3 rings (SSSR count). The summed E-state index contributed by atoms with van der Waals surface area (Å²) in [7, 11) is 6.14. The number of pyridine rings is 1. The number of aromatic nitrogens is 2. The SMILES string of the molecule is CN(C)C(=O)/C=C/CCC(OC(=O)N(C)C)C(=O)Nc1cccn(Cc2cc3cc(F)ccc3n2C(=O)OC(C)(C)C)c1=O. The molecule has 0 aliphatic carbocycles. The Kier molecular flexibility index (Phi) is 10.7. The van der Waals surface area contributed by atoms with E-state index in [2.05, 4.69) is 5.32 Å². The van der Waals surface area contributed by atoms with Crippen molar-refractivity contribution in [1.82, 2.24) is 18.9 Å². The van der Waals surface area contributed by atoms with Gasteiger partial charge < -0.3 is 29.2 Å². The number of rotatable bonds is 9. The van der Waals surface area contributed by atoms with Gasteiger partial charge in [-0.3, -0.25) is 14.4 Å². The van der Waals surface area contributed by atoms with Gasteiger partial charge in [0.25, 0.3) is 11.5 Å². The summed E-state index contributed by atoms with van der Waals surface area (Å²) in [6.07, 6.45) is 1.98. The highest BCUT2D eigenvalue weighted by molar-refractivity contribution is 5.95. The summed E-state index contributed by atoms with van der Waals surface area (Å²) in [5.74, 6) is -1.46.